The van der Waals surface area contributed by atoms with Crippen molar-refractivity contribution in [1.82, 2.24) is 10.3 Å². The van der Waals surface area contributed by atoms with E-state index < -0.39 is 0 Å². The van der Waals surface area contributed by atoms with Crippen LogP contribution < -0.4 is 20.1 Å². The number of nitrogens with one attached hydrogen (secondary N) is 2. The molecule has 3 aromatic rings. The van der Waals surface area contributed by atoms with Crippen LogP contribution in [0.5, 0.6) is 11.5 Å². The Hall–Kier alpha value is -3.87. The lowest BCUT2D eigenvalue weighted by Gasteiger charge is -2.13. The van der Waals surface area contributed by atoms with Gasteiger partial charge in [0.25, 0.3) is 5.91 Å². The number of amides is 1. The Morgan fingerprint density at radius 1 is 1.00 bits per heavy atom. The van der Waals surface area contributed by atoms with Gasteiger partial charge >= 0.3 is 0 Å². The van der Waals surface area contributed by atoms with Gasteiger partial charge in [-0.1, -0.05) is 6.07 Å². The molecule has 1 amide bonds. The topological polar surface area (TPSA) is 84.8 Å². The Bertz CT molecular complexity index is 1080. The number of guanidine groups is 1. The molecule has 152 valence electrons. The normalized spacial score (nSPS) is 12.5. The fourth-order valence-corrected chi connectivity index (χ4v) is 3.17. The van der Waals surface area contributed by atoms with Crippen LogP contribution in [0.4, 0.5) is 5.69 Å². The zero-order chi connectivity index (χ0) is 20.9. The fraction of sp³-hybridized carbons (Fsp3) is 0.174. The zero-order valence-corrected chi connectivity index (χ0v) is 16.8. The number of benzene rings is 2. The molecule has 1 aromatic heterocycles. The summed E-state index contributed by atoms with van der Waals surface area (Å²) in [6, 6.07) is 14.9. The lowest BCUT2D eigenvalue weighted by molar-refractivity contribution is 0.0976. The average molecular weight is 402 g/mol. The van der Waals surface area contributed by atoms with Gasteiger partial charge in [0.05, 0.1) is 6.54 Å². The van der Waals surface area contributed by atoms with Crippen LogP contribution in [0.25, 0.3) is 0 Å². The molecule has 0 saturated heterocycles. The van der Waals surface area contributed by atoms with Crippen molar-refractivity contribution in [2.24, 2.45) is 4.99 Å². The van der Waals surface area contributed by atoms with E-state index >= 15 is 0 Å². The van der Waals surface area contributed by atoms with Crippen molar-refractivity contribution in [2.75, 3.05) is 12.1 Å². The van der Waals surface area contributed by atoms with E-state index in [9.17, 15) is 4.79 Å². The number of aryl methyl sites for hydroxylation is 2. The first-order chi connectivity index (χ1) is 14.6. The van der Waals surface area contributed by atoms with Crippen molar-refractivity contribution in [2.45, 2.75) is 20.4 Å². The maximum Gasteiger partial charge on any atom is 0.258 e. The smallest absolute Gasteiger partial charge is 0.258 e. The predicted molar refractivity (Wildman–Crippen MR) is 115 cm³/mol. The monoisotopic (exact) mass is 402 g/mol. The molecule has 0 unspecified atom stereocenters. The number of pyridine rings is 1. The number of hydrogen-bond donors (Lipinski definition) is 2. The Kier molecular flexibility index (Phi) is 5.61. The first-order valence-corrected chi connectivity index (χ1v) is 9.56. The minimum atomic E-state index is -0.293. The van der Waals surface area contributed by atoms with Crippen LogP contribution in [-0.2, 0) is 6.54 Å². The van der Waals surface area contributed by atoms with Crippen LogP contribution in [0.2, 0.25) is 0 Å². The molecular formula is C23H22N4O3. The number of carbonyl (C=O) groups is 1. The van der Waals surface area contributed by atoms with E-state index in [2.05, 4.69) is 26.7 Å². The first kappa shape index (κ1) is 19.4. The number of anilines is 1. The summed E-state index contributed by atoms with van der Waals surface area (Å²) < 4.78 is 10.7. The maximum absolute atomic E-state index is 12.9. The molecule has 0 saturated carbocycles. The number of aromatic nitrogens is 1. The quantitative estimate of drug-likeness (QED) is 0.512. The first-order valence-electron chi connectivity index (χ1n) is 9.56. The molecule has 0 radical (unpaired) electrons. The van der Waals surface area contributed by atoms with Crippen LogP contribution >= 0.6 is 0 Å². The summed E-state index contributed by atoms with van der Waals surface area (Å²) in [5.41, 5.74) is 4.54. The summed E-state index contributed by atoms with van der Waals surface area (Å²) in [6.07, 6.45) is 3.43. The molecule has 0 aliphatic carbocycles. The van der Waals surface area contributed by atoms with Crippen LogP contribution in [0.3, 0.4) is 0 Å². The fourth-order valence-electron chi connectivity index (χ4n) is 3.17. The van der Waals surface area contributed by atoms with Crippen molar-refractivity contribution in [1.29, 1.82) is 0 Å². The van der Waals surface area contributed by atoms with Crippen molar-refractivity contribution in [3.05, 3.63) is 83.2 Å². The van der Waals surface area contributed by atoms with Gasteiger partial charge in [-0.25, -0.2) is 4.99 Å². The lowest BCUT2D eigenvalue weighted by atomic mass is 10.1. The molecule has 0 bridgehead atoms. The molecule has 30 heavy (non-hydrogen) atoms. The summed E-state index contributed by atoms with van der Waals surface area (Å²) in [7, 11) is 0. The number of fused-ring (bicyclic) bond motifs is 1. The molecule has 7 heteroatoms. The lowest BCUT2D eigenvalue weighted by Crippen LogP contribution is -2.36. The summed E-state index contributed by atoms with van der Waals surface area (Å²) >= 11 is 0. The van der Waals surface area contributed by atoms with Crippen LogP contribution in [0, 0.1) is 13.8 Å². The number of hydrogen-bond acceptors (Lipinski definition) is 5. The number of carbonyl (C=O) groups excluding carboxylic acids is 1. The van der Waals surface area contributed by atoms with E-state index in [0.29, 0.717) is 29.6 Å². The Balaban J connectivity index is 1.56. The minimum Gasteiger partial charge on any atom is -0.454 e. The van der Waals surface area contributed by atoms with Gasteiger partial charge in [-0.05, 0) is 73.0 Å². The maximum atomic E-state index is 12.9. The van der Waals surface area contributed by atoms with E-state index in [1.54, 1.807) is 30.6 Å². The molecule has 0 fully saturated rings. The van der Waals surface area contributed by atoms with E-state index in [1.807, 2.05) is 38.1 Å². The number of aliphatic imine (C=N–C) groups is 1. The molecule has 2 aromatic carbocycles. The Morgan fingerprint density at radius 2 is 1.73 bits per heavy atom. The van der Waals surface area contributed by atoms with Gasteiger partial charge in [0.1, 0.15) is 0 Å². The van der Waals surface area contributed by atoms with Crippen molar-refractivity contribution in [3.8, 4) is 11.5 Å². The molecular weight excluding hydrogens is 380 g/mol. The highest BCUT2D eigenvalue weighted by Crippen LogP contribution is 2.32. The van der Waals surface area contributed by atoms with Gasteiger partial charge in [0, 0.05) is 23.6 Å². The number of ether oxygens (including phenoxy) is 2. The van der Waals surface area contributed by atoms with E-state index in [4.69, 9.17) is 9.47 Å². The second kappa shape index (κ2) is 8.65. The summed E-state index contributed by atoms with van der Waals surface area (Å²) in [5, 5.41) is 6.10. The molecule has 0 spiro atoms. The third kappa shape index (κ3) is 4.75. The highest BCUT2D eigenvalue weighted by Gasteiger charge is 2.17. The summed E-state index contributed by atoms with van der Waals surface area (Å²) in [5.74, 6) is 1.25. The second-order valence-corrected chi connectivity index (χ2v) is 7.04. The van der Waals surface area contributed by atoms with Gasteiger partial charge in [0.15, 0.2) is 11.5 Å². The molecule has 1 aliphatic rings. The van der Waals surface area contributed by atoms with Crippen molar-refractivity contribution < 1.29 is 14.3 Å². The largest absolute Gasteiger partial charge is 0.454 e. The zero-order valence-electron chi connectivity index (χ0n) is 16.8. The predicted octanol–water partition coefficient (Wildman–Crippen LogP) is 3.83. The van der Waals surface area contributed by atoms with E-state index in [-0.39, 0.29) is 12.7 Å². The minimum absolute atomic E-state index is 0.160. The molecule has 0 atom stereocenters. The van der Waals surface area contributed by atoms with Gasteiger partial charge in [-0.15, -0.1) is 0 Å². The molecule has 2 heterocycles. The standard InChI is InChI=1S/C23H22N4O3/c1-15-9-16(2)11-19(10-15)26-23(25-13-17-5-7-24-8-6-17)27-22(28)18-3-4-20-21(12-18)30-14-29-20/h3-12H,13-14H2,1-2H3,(H2,25,26,27,28). The van der Waals surface area contributed by atoms with Crippen molar-refractivity contribution in [3.63, 3.8) is 0 Å². The van der Waals surface area contributed by atoms with Gasteiger partial charge in [-0.3, -0.25) is 15.1 Å². The molecule has 4 rings (SSSR count). The molecule has 2 N–H and O–H groups in total. The van der Waals surface area contributed by atoms with E-state index in [0.717, 1.165) is 22.4 Å². The third-order valence-electron chi connectivity index (χ3n) is 4.52. The van der Waals surface area contributed by atoms with Crippen LogP contribution in [0.1, 0.15) is 27.0 Å². The van der Waals surface area contributed by atoms with Crippen LogP contribution in [0.15, 0.2) is 65.9 Å². The van der Waals surface area contributed by atoms with Gasteiger partial charge < -0.3 is 14.8 Å². The second-order valence-electron chi connectivity index (χ2n) is 7.04. The number of rotatable bonds is 4. The average Bonchev–Trinajstić information content (AvgIpc) is 3.20. The van der Waals surface area contributed by atoms with Crippen molar-refractivity contribution >= 4 is 17.6 Å². The van der Waals surface area contributed by atoms with Gasteiger partial charge in [-0.2, -0.15) is 0 Å². The molecule has 1 aliphatic heterocycles. The Labute approximate surface area is 174 Å². The summed E-state index contributed by atoms with van der Waals surface area (Å²) in [6.45, 7) is 4.61. The third-order valence-corrected chi connectivity index (χ3v) is 4.52. The van der Waals surface area contributed by atoms with Gasteiger partial charge in [0.2, 0.25) is 12.8 Å². The molecule has 7 nitrogen and oxygen atoms in total. The highest BCUT2D eigenvalue weighted by molar-refractivity contribution is 6.10. The SMILES string of the molecule is Cc1cc(C)cc(NC(=NCc2ccncc2)NC(=O)c2ccc3c(c2)OCO3)c1. The highest BCUT2D eigenvalue weighted by atomic mass is 16.7. The number of nitrogens with zero attached hydrogens (tertiary/aromatic N) is 2. The van der Waals surface area contributed by atoms with E-state index in [1.165, 1.54) is 0 Å². The summed E-state index contributed by atoms with van der Waals surface area (Å²) in [4.78, 5) is 21.4. The van der Waals surface area contributed by atoms with Crippen LogP contribution in [-0.4, -0.2) is 23.6 Å². The Morgan fingerprint density at radius 3 is 2.50 bits per heavy atom.